The first kappa shape index (κ1) is 21.5. The summed E-state index contributed by atoms with van der Waals surface area (Å²) in [5, 5.41) is 6.05. The van der Waals surface area contributed by atoms with Crippen LogP contribution in [0.2, 0.25) is 0 Å². The van der Waals surface area contributed by atoms with Gasteiger partial charge in [-0.1, -0.05) is 54.6 Å². The van der Waals surface area contributed by atoms with Gasteiger partial charge in [0.05, 0.1) is 5.01 Å². The Hall–Kier alpha value is -2.76. The zero-order valence-electron chi connectivity index (χ0n) is 17.8. The van der Waals surface area contributed by atoms with E-state index in [-0.39, 0.29) is 5.91 Å². The molecule has 0 unspecified atom stereocenters. The van der Waals surface area contributed by atoms with Crippen LogP contribution in [0.1, 0.15) is 47.1 Å². The number of likely N-dealkylation sites (tertiary alicyclic amines) is 1. The van der Waals surface area contributed by atoms with Gasteiger partial charge < -0.3 is 10.2 Å². The standard InChI is InChI=1S/C26H29N3OS/c1-2-3-9-16-29-17-14-21(15-18-29)26-28-24(19-31-26)25(30)27-23-13-8-7-12-22(23)20-10-5-4-6-11-20/h2,4-8,10-13,19,21H,1,3,9,14-18H2,(H,27,30). The van der Waals surface area contributed by atoms with E-state index >= 15 is 0 Å². The lowest BCUT2D eigenvalue weighted by Gasteiger charge is -2.30. The maximum absolute atomic E-state index is 12.9. The number of anilines is 1. The van der Waals surface area contributed by atoms with Gasteiger partial charge in [0.15, 0.2) is 0 Å². The highest BCUT2D eigenvalue weighted by Gasteiger charge is 2.24. The minimum Gasteiger partial charge on any atom is -0.320 e. The van der Waals surface area contributed by atoms with Gasteiger partial charge in [-0.3, -0.25) is 4.79 Å². The summed E-state index contributed by atoms with van der Waals surface area (Å²) in [6.07, 6.45) is 6.48. The highest BCUT2D eigenvalue weighted by molar-refractivity contribution is 7.10. The Bertz CT molecular complexity index is 1010. The number of benzene rings is 2. The van der Waals surface area contributed by atoms with Crippen molar-refractivity contribution in [3.05, 3.63) is 83.3 Å². The van der Waals surface area contributed by atoms with Crippen LogP contribution in [0, 0.1) is 0 Å². The first-order valence-corrected chi connectivity index (χ1v) is 11.9. The summed E-state index contributed by atoms with van der Waals surface area (Å²) in [7, 11) is 0. The van der Waals surface area contributed by atoms with E-state index in [1.807, 2.05) is 53.9 Å². The molecule has 2 heterocycles. The van der Waals surface area contributed by atoms with Crippen LogP contribution in [0.3, 0.4) is 0 Å². The van der Waals surface area contributed by atoms with E-state index in [1.165, 1.54) is 6.42 Å². The molecular weight excluding hydrogens is 402 g/mol. The van der Waals surface area contributed by atoms with E-state index in [2.05, 4.69) is 28.9 Å². The third-order valence-electron chi connectivity index (χ3n) is 5.83. The zero-order valence-corrected chi connectivity index (χ0v) is 18.6. The maximum atomic E-state index is 12.9. The fourth-order valence-electron chi connectivity index (χ4n) is 4.09. The molecule has 4 nitrogen and oxygen atoms in total. The normalized spacial score (nSPS) is 15.0. The average molecular weight is 432 g/mol. The van der Waals surface area contributed by atoms with E-state index in [1.54, 1.807) is 11.3 Å². The van der Waals surface area contributed by atoms with E-state index in [4.69, 9.17) is 4.98 Å². The van der Waals surface area contributed by atoms with Gasteiger partial charge in [0.2, 0.25) is 0 Å². The van der Waals surface area contributed by atoms with Crippen molar-refractivity contribution in [3.63, 3.8) is 0 Å². The third-order valence-corrected chi connectivity index (χ3v) is 6.84. The Morgan fingerprint density at radius 3 is 2.65 bits per heavy atom. The molecule has 0 spiro atoms. The zero-order chi connectivity index (χ0) is 21.5. The predicted molar refractivity (Wildman–Crippen MR) is 130 cm³/mol. The number of carbonyl (C=O) groups excluding carboxylic acids is 1. The summed E-state index contributed by atoms with van der Waals surface area (Å²) in [6, 6.07) is 18.0. The number of hydrogen-bond donors (Lipinski definition) is 1. The molecule has 0 aliphatic carbocycles. The van der Waals surface area contributed by atoms with Crippen molar-refractivity contribution in [2.24, 2.45) is 0 Å². The van der Waals surface area contributed by atoms with Crippen molar-refractivity contribution in [1.82, 2.24) is 9.88 Å². The first-order chi connectivity index (χ1) is 15.2. The van der Waals surface area contributed by atoms with Gasteiger partial charge in [-0.2, -0.15) is 0 Å². The fraction of sp³-hybridized carbons (Fsp3) is 0.308. The molecule has 0 atom stereocenters. The first-order valence-electron chi connectivity index (χ1n) is 11.0. The fourth-order valence-corrected chi connectivity index (χ4v) is 5.06. The number of carbonyl (C=O) groups is 1. The number of aromatic nitrogens is 1. The average Bonchev–Trinajstić information content (AvgIpc) is 3.31. The topological polar surface area (TPSA) is 45.2 Å². The molecule has 0 saturated carbocycles. The summed E-state index contributed by atoms with van der Waals surface area (Å²) >= 11 is 1.61. The molecule has 2 aromatic carbocycles. The molecule has 0 bridgehead atoms. The minimum atomic E-state index is -0.146. The molecule has 160 valence electrons. The second kappa shape index (κ2) is 10.5. The van der Waals surface area contributed by atoms with Crippen molar-refractivity contribution in [1.29, 1.82) is 0 Å². The SMILES string of the molecule is C=CCCCN1CCC(c2nc(C(=O)Nc3ccccc3-c3ccccc3)cs2)CC1. The summed E-state index contributed by atoms with van der Waals surface area (Å²) < 4.78 is 0. The van der Waals surface area contributed by atoms with E-state index in [0.29, 0.717) is 11.6 Å². The Labute approximate surface area is 188 Å². The van der Waals surface area contributed by atoms with Gasteiger partial charge in [-0.25, -0.2) is 4.98 Å². The maximum Gasteiger partial charge on any atom is 0.275 e. The minimum absolute atomic E-state index is 0.146. The van der Waals surface area contributed by atoms with Gasteiger partial charge in [-0.05, 0) is 56.9 Å². The number of nitrogens with zero attached hydrogens (tertiary/aromatic N) is 2. The molecule has 31 heavy (non-hydrogen) atoms. The Morgan fingerprint density at radius 1 is 1.13 bits per heavy atom. The molecule has 1 aromatic heterocycles. The lowest BCUT2D eigenvalue weighted by Crippen LogP contribution is -2.33. The molecule has 1 N–H and O–H groups in total. The molecule has 1 aliphatic heterocycles. The number of nitrogens with one attached hydrogen (secondary N) is 1. The quantitative estimate of drug-likeness (QED) is 0.341. The highest BCUT2D eigenvalue weighted by Crippen LogP contribution is 2.31. The highest BCUT2D eigenvalue weighted by atomic mass is 32.1. The van der Waals surface area contributed by atoms with Crippen LogP contribution >= 0.6 is 11.3 Å². The van der Waals surface area contributed by atoms with Crippen LogP contribution in [-0.2, 0) is 0 Å². The number of amides is 1. The van der Waals surface area contributed by atoms with Crippen molar-refractivity contribution < 1.29 is 4.79 Å². The van der Waals surface area contributed by atoms with Gasteiger partial charge in [0, 0.05) is 22.5 Å². The molecule has 5 heteroatoms. The van der Waals surface area contributed by atoms with Gasteiger partial charge >= 0.3 is 0 Å². The molecule has 1 amide bonds. The Balaban J connectivity index is 1.38. The third kappa shape index (κ3) is 5.49. The van der Waals surface area contributed by atoms with Crippen LogP contribution in [0.25, 0.3) is 11.1 Å². The monoisotopic (exact) mass is 431 g/mol. The van der Waals surface area contributed by atoms with Gasteiger partial charge in [0.25, 0.3) is 5.91 Å². The summed E-state index contributed by atoms with van der Waals surface area (Å²) in [4.78, 5) is 20.1. The Morgan fingerprint density at radius 2 is 1.87 bits per heavy atom. The lowest BCUT2D eigenvalue weighted by atomic mass is 9.97. The van der Waals surface area contributed by atoms with Crippen molar-refractivity contribution >= 4 is 22.9 Å². The van der Waals surface area contributed by atoms with Crippen LogP contribution in [0.5, 0.6) is 0 Å². The predicted octanol–water partition coefficient (Wildman–Crippen LogP) is 6.21. The number of thiazole rings is 1. The van der Waals surface area contributed by atoms with Crippen molar-refractivity contribution in [2.75, 3.05) is 25.0 Å². The largest absolute Gasteiger partial charge is 0.320 e. The molecule has 1 aliphatic rings. The lowest BCUT2D eigenvalue weighted by molar-refractivity contribution is 0.102. The van der Waals surface area contributed by atoms with E-state index in [9.17, 15) is 4.79 Å². The van der Waals surface area contributed by atoms with Crippen molar-refractivity contribution in [3.8, 4) is 11.1 Å². The molecule has 1 fully saturated rings. The summed E-state index contributed by atoms with van der Waals surface area (Å²) in [5.74, 6) is 0.312. The van der Waals surface area contributed by atoms with E-state index in [0.717, 1.165) is 60.7 Å². The number of rotatable bonds is 8. The van der Waals surface area contributed by atoms with Crippen LogP contribution < -0.4 is 5.32 Å². The Kier molecular flexibility index (Phi) is 7.28. The summed E-state index contributed by atoms with van der Waals surface area (Å²) in [6.45, 7) is 7.15. The number of piperidine rings is 1. The smallest absolute Gasteiger partial charge is 0.275 e. The number of para-hydroxylation sites is 1. The summed E-state index contributed by atoms with van der Waals surface area (Å²) in [5.41, 5.74) is 3.41. The molecular formula is C26H29N3OS. The van der Waals surface area contributed by atoms with Gasteiger partial charge in [-0.15, -0.1) is 17.9 Å². The second-order valence-corrected chi connectivity index (χ2v) is 8.87. The van der Waals surface area contributed by atoms with Crippen LogP contribution in [0.15, 0.2) is 72.6 Å². The number of hydrogen-bond acceptors (Lipinski definition) is 4. The van der Waals surface area contributed by atoms with Gasteiger partial charge in [0.1, 0.15) is 5.69 Å². The van der Waals surface area contributed by atoms with Crippen molar-refractivity contribution in [2.45, 2.75) is 31.6 Å². The second-order valence-electron chi connectivity index (χ2n) is 7.98. The number of allylic oxidation sites excluding steroid dienone is 1. The number of unbranched alkanes of at least 4 members (excludes halogenated alkanes) is 1. The molecule has 0 radical (unpaired) electrons. The van der Waals surface area contributed by atoms with Crippen LogP contribution in [-0.4, -0.2) is 35.4 Å². The molecule has 1 saturated heterocycles. The molecule has 4 rings (SSSR count). The van der Waals surface area contributed by atoms with E-state index < -0.39 is 0 Å². The van der Waals surface area contributed by atoms with Crippen LogP contribution in [0.4, 0.5) is 5.69 Å². The molecule has 3 aromatic rings.